The Balaban J connectivity index is 2.19. The third-order valence-electron chi connectivity index (χ3n) is 5.15. The fourth-order valence-corrected chi connectivity index (χ4v) is 5.31. The Labute approximate surface area is 169 Å². The van der Waals surface area contributed by atoms with Gasteiger partial charge in [-0.25, -0.2) is 8.42 Å². The topological polar surface area (TPSA) is 79.0 Å². The van der Waals surface area contributed by atoms with Crippen molar-refractivity contribution in [2.75, 3.05) is 31.5 Å². The van der Waals surface area contributed by atoms with Gasteiger partial charge in [-0.15, -0.1) is 0 Å². The normalized spacial score (nSPS) is 22.2. The highest BCUT2D eigenvalue weighted by atomic mass is 32.2. The lowest BCUT2D eigenvalue weighted by Gasteiger charge is -2.38. The first-order chi connectivity index (χ1) is 13.1. The van der Waals surface area contributed by atoms with Gasteiger partial charge in [0.05, 0.1) is 23.1 Å². The van der Waals surface area contributed by atoms with E-state index >= 15 is 0 Å². The lowest BCUT2D eigenvalue weighted by Crippen LogP contribution is -2.52. The van der Waals surface area contributed by atoms with Gasteiger partial charge >= 0.3 is 0 Å². The van der Waals surface area contributed by atoms with Crippen LogP contribution in [0, 0.1) is 6.92 Å². The molecule has 1 N–H and O–H groups in total. The second kappa shape index (κ2) is 9.35. The van der Waals surface area contributed by atoms with E-state index in [-0.39, 0.29) is 29.1 Å². The van der Waals surface area contributed by atoms with E-state index in [4.69, 9.17) is 4.74 Å². The number of amides is 1. The van der Waals surface area contributed by atoms with Crippen molar-refractivity contribution >= 4 is 21.6 Å². The van der Waals surface area contributed by atoms with Crippen LogP contribution in [0.25, 0.3) is 0 Å². The molecule has 28 heavy (non-hydrogen) atoms. The summed E-state index contributed by atoms with van der Waals surface area (Å²) in [6, 6.07) is 4.69. The van der Waals surface area contributed by atoms with Crippen molar-refractivity contribution in [1.29, 1.82) is 0 Å². The zero-order chi connectivity index (χ0) is 21.1. The van der Waals surface area contributed by atoms with Crippen LogP contribution in [0.1, 0.15) is 40.2 Å². The Morgan fingerprint density at radius 3 is 2.36 bits per heavy atom. The number of hydrogen-bond acceptors (Lipinski definition) is 5. The van der Waals surface area contributed by atoms with Crippen molar-refractivity contribution < 1.29 is 17.9 Å². The number of aryl methyl sites for hydroxylation is 1. The van der Waals surface area contributed by atoms with E-state index in [1.807, 2.05) is 34.6 Å². The zero-order valence-corrected chi connectivity index (χ0v) is 18.5. The molecule has 1 saturated heterocycles. The van der Waals surface area contributed by atoms with Crippen molar-refractivity contribution in [3.05, 3.63) is 23.8 Å². The van der Waals surface area contributed by atoms with Crippen LogP contribution in [0.5, 0.6) is 0 Å². The molecule has 0 radical (unpaired) electrons. The number of rotatable bonds is 7. The first-order valence-electron chi connectivity index (χ1n) is 9.91. The van der Waals surface area contributed by atoms with E-state index < -0.39 is 10.0 Å². The van der Waals surface area contributed by atoms with E-state index in [1.54, 1.807) is 25.1 Å². The molecular weight excluding hydrogens is 378 g/mol. The van der Waals surface area contributed by atoms with Gasteiger partial charge in [0.1, 0.15) is 0 Å². The molecule has 0 spiro atoms. The molecule has 0 aliphatic carbocycles. The Morgan fingerprint density at radius 2 is 1.82 bits per heavy atom. The summed E-state index contributed by atoms with van der Waals surface area (Å²) >= 11 is 0. The van der Waals surface area contributed by atoms with E-state index in [2.05, 4.69) is 10.2 Å². The summed E-state index contributed by atoms with van der Waals surface area (Å²) in [5.41, 5.74) is 1.15. The maximum absolute atomic E-state index is 12.9. The molecule has 1 aromatic rings. The number of benzene rings is 1. The summed E-state index contributed by atoms with van der Waals surface area (Å²) in [5.74, 6) is -0.156. The molecule has 1 amide bonds. The number of ether oxygens (including phenoxy) is 1. The fraction of sp³-hybridized carbons (Fsp3) is 0.650. The number of carbonyl (C=O) groups excluding carboxylic acids is 1. The number of morpholine rings is 1. The Hall–Kier alpha value is -1.48. The Kier molecular flexibility index (Phi) is 7.61. The number of nitrogens with one attached hydrogen (secondary N) is 1. The average Bonchev–Trinajstić information content (AvgIpc) is 2.62. The van der Waals surface area contributed by atoms with Gasteiger partial charge in [-0.3, -0.25) is 9.69 Å². The van der Waals surface area contributed by atoms with E-state index in [0.29, 0.717) is 37.4 Å². The van der Waals surface area contributed by atoms with E-state index in [1.165, 1.54) is 4.31 Å². The largest absolute Gasteiger partial charge is 0.373 e. The van der Waals surface area contributed by atoms with Crippen LogP contribution in [-0.4, -0.2) is 68.0 Å². The quantitative estimate of drug-likeness (QED) is 0.746. The standard InChI is InChI=1S/C20H33N3O4S/c1-7-23(8-2)28(25,26)19-11-18(10-9-14(19)3)21-20(24)17(6)22-12-15(4)27-16(5)13-22/h9-11,15-17H,7-8,12-13H2,1-6H3,(H,21,24)/t15-,16+,17-/m1/s1. The van der Waals surface area contributed by atoms with E-state index in [9.17, 15) is 13.2 Å². The van der Waals surface area contributed by atoms with Gasteiger partial charge in [0, 0.05) is 31.9 Å². The molecule has 3 atom stereocenters. The molecule has 1 aromatic carbocycles. The van der Waals surface area contributed by atoms with Gasteiger partial charge in [0.25, 0.3) is 0 Å². The van der Waals surface area contributed by atoms with Crippen molar-refractivity contribution in [3.63, 3.8) is 0 Å². The third-order valence-corrected chi connectivity index (χ3v) is 7.35. The Morgan fingerprint density at radius 1 is 1.25 bits per heavy atom. The molecule has 0 saturated carbocycles. The van der Waals surface area contributed by atoms with Gasteiger partial charge in [0.15, 0.2) is 0 Å². The molecule has 8 heteroatoms. The minimum Gasteiger partial charge on any atom is -0.373 e. The van der Waals surface area contributed by atoms with Crippen LogP contribution in [0.2, 0.25) is 0 Å². The maximum atomic E-state index is 12.9. The predicted molar refractivity (Wildman–Crippen MR) is 111 cm³/mol. The van der Waals surface area contributed by atoms with Crippen molar-refractivity contribution in [1.82, 2.24) is 9.21 Å². The smallest absolute Gasteiger partial charge is 0.243 e. The van der Waals surface area contributed by atoms with Gasteiger partial charge in [-0.1, -0.05) is 19.9 Å². The molecule has 1 fully saturated rings. The van der Waals surface area contributed by atoms with Gasteiger partial charge in [-0.2, -0.15) is 4.31 Å². The van der Waals surface area contributed by atoms with Crippen LogP contribution in [0.3, 0.4) is 0 Å². The minimum absolute atomic E-state index is 0.0733. The summed E-state index contributed by atoms with van der Waals surface area (Å²) in [4.78, 5) is 15.1. The molecule has 2 rings (SSSR count). The summed E-state index contributed by atoms with van der Waals surface area (Å²) < 4.78 is 32.9. The molecule has 1 heterocycles. The number of hydrogen-bond donors (Lipinski definition) is 1. The highest BCUT2D eigenvalue weighted by molar-refractivity contribution is 7.89. The van der Waals surface area contributed by atoms with Crippen molar-refractivity contribution in [3.8, 4) is 0 Å². The number of sulfonamides is 1. The molecule has 0 aromatic heterocycles. The predicted octanol–water partition coefficient (Wildman–Crippen LogP) is 2.46. The maximum Gasteiger partial charge on any atom is 0.243 e. The van der Waals surface area contributed by atoms with Gasteiger partial charge in [0.2, 0.25) is 15.9 Å². The SMILES string of the molecule is CCN(CC)S(=O)(=O)c1cc(NC(=O)[C@@H](C)N2C[C@@H](C)O[C@@H](C)C2)ccc1C. The number of carbonyl (C=O) groups is 1. The van der Waals surface area contributed by atoms with Crippen LogP contribution in [0.4, 0.5) is 5.69 Å². The van der Waals surface area contributed by atoms with Crippen molar-refractivity contribution in [2.24, 2.45) is 0 Å². The molecule has 1 aliphatic rings. The molecular formula is C20H33N3O4S. The highest BCUT2D eigenvalue weighted by Gasteiger charge is 2.30. The molecule has 0 bridgehead atoms. The van der Waals surface area contributed by atoms with E-state index in [0.717, 1.165) is 0 Å². The highest BCUT2D eigenvalue weighted by Crippen LogP contribution is 2.24. The lowest BCUT2D eigenvalue weighted by atomic mass is 10.1. The van der Waals surface area contributed by atoms with Crippen molar-refractivity contribution in [2.45, 2.75) is 64.7 Å². The van der Waals surface area contributed by atoms with Crippen LogP contribution >= 0.6 is 0 Å². The second-order valence-electron chi connectivity index (χ2n) is 7.45. The zero-order valence-electron chi connectivity index (χ0n) is 17.7. The minimum atomic E-state index is -3.59. The summed E-state index contributed by atoms with van der Waals surface area (Å²) in [6.07, 6.45) is 0.147. The monoisotopic (exact) mass is 411 g/mol. The summed E-state index contributed by atoms with van der Waals surface area (Å²) in [5, 5.41) is 2.88. The number of anilines is 1. The van der Waals surface area contributed by atoms with Crippen LogP contribution in [-0.2, 0) is 19.6 Å². The number of nitrogens with zero attached hydrogens (tertiary/aromatic N) is 2. The summed E-state index contributed by atoms with van der Waals surface area (Å²) in [6.45, 7) is 13.4. The van der Waals surface area contributed by atoms with Crippen LogP contribution in [0.15, 0.2) is 23.1 Å². The molecule has 0 unspecified atom stereocenters. The fourth-order valence-electron chi connectivity index (χ4n) is 3.60. The molecule has 1 aliphatic heterocycles. The first-order valence-corrected chi connectivity index (χ1v) is 11.3. The third kappa shape index (κ3) is 5.11. The average molecular weight is 412 g/mol. The van der Waals surface area contributed by atoms with Crippen LogP contribution < -0.4 is 5.32 Å². The van der Waals surface area contributed by atoms with Gasteiger partial charge in [-0.05, 0) is 45.4 Å². The second-order valence-corrected chi connectivity index (χ2v) is 9.35. The first kappa shape index (κ1) is 22.8. The summed E-state index contributed by atoms with van der Waals surface area (Å²) in [7, 11) is -3.59. The Bertz CT molecular complexity index is 783. The molecule has 158 valence electrons. The lowest BCUT2D eigenvalue weighted by molar-refractivity contribution is -0.126. The molecule has 7 nitrogen and oxygen atoms in total. The van der Waals surface area contributed by atoms with Gasteiger partial charge < -0.3 is 10.1 Å².